The highest BCUT2D eigenvalue weighted by atomic mass is 16.2. The van der Waals surface area contributed by atoms with Crippen LogP contribution < -0.4 is 21.3 Å². The van der Waals surface area contributed by atoms with E-state index in [0.29, 0.717) is 23.6 Å². The van der Waals surface area contributed by atoms with E-state index < -0.39 is 0 Å². The number of carbonyl (C=O) groups excluding carboxylic acids is 2. The van der Waals surface area contributed by atoms with E-state index in [1.165, 1.54) is 5.56 Å². The first kappa shape index (κ1) is 21.9. The average molecular weight is 417 g/mol. The fraction of sp³-hybridized carbons (Fsp3) is 0.200. The monoisotopic (exact) mass is 416 g/mol. The largest absolute Gasteiger partial charge is 0.337 e. The second-order valence-electron chi connectivity index (χ2n) is 7.33. The van der Waals surface area contributed by atoms with Crippen molar-refractivity contribution in [3.63, 3.8) is 0 Å². The molecule has 1 atom stereocenters. The van der Waals surface area contributed by atoms with E-state index in [0.717, 1.165) is 12.0 Å². The molecule has 0 saturated heterocycles. The minimum atomic E-state index is -0.348. The zero-order valence-corrected chi connectivity index (χ0v) is 17.8. The molecule has 0 aliphatic carbocycles. The number of amides is 4. The van der Waals surface area contributed by atoms with Gasteiger partial charge in [-0.25, -0.2) is 9.59 Å². The molecule has 4 amide bonds. The molecular weight excluding hydrogens is 388 g/mol. The molecule has 0 spiro atoms. The van der Waals surface area contributed by atoms with Crippen molar-refractivity contribution in [2.45, 2.75) is 26.2 Å². The van der Waals surface area contributed by atoms with Gasteiger partial charge in [0.1, 0.15) is 0 Å². The summed E-state index contributed by atoms with van der Waals surface area (Å²) in [5.74, 6) is 0.253. The minimum Gasteiger partial charge on any atom is -0.337 e. The van der Waals surface area contributed by atoms with E-state index in [-0.39, 0.29) is 18.0 Å². The Morgan fingerprint density at radius 3 is 2.10 bits per heavy atom. The van der Waals surface area contributed by atoms with Gasteiger partial charge in [-0.1, -0.05) is 61.5 Å². The molecule has 0 heterocycles. The Morgan fingerprint density at radius 2 is 1.42 bits per heavy atom. The highest BCUT2D eigenvalue weighted by Crippen LogP contribution is 2.21. The van der Waals surface area contributed by atoms with Crippen molar-refractivity contribution >= 4 is 29.1 Å². The van der Waals surface area contributed by atoms with Crippen molar-refractivity contribution in [1.82, 2.24) is 5.32 Å². The van der Waals surface area contributed by atoms with Gasteiger partial charge in [-0.15, -0.1) is 0 Å². The molecule has 3 aromatic rings. The highest BCUT2D eigenvalue weighted by molar-refractivity contribution is 6.00. The Labute approximate surface area is 183 Å². The molecule has 3 aromatic carbocycles. The number of aryl methyl sites for hydroxylation is 1. The van der Waals surface area contributed by atoms with Crippen LogP contribution in [0.4, 0.5) is 26.7 Å². The Kier molecular flexibility index (Phi) is 7.65. The van der Waals surface area contributed by atoms with Crippen LogP contribution in [0.5, 0.6) is 0 Å². The number of rotatable bonds is 7. The molecule has 0 bridgehead atoms. The third kappa shape index (κ3) is 6.60. The molecule has 4 N–H and O–H groups in total. The number of hydrogen-bond acceptors (Lipinski definition) is 2. The van der Waals surface area contributed by atoms with Crippen LogP contribution in [0, 0.1) is 6.92 Å². The van der Waals surface area contributed by atoms with Gasteiger partial charge >= 0.3 is 12.1 Å². The van der Waals surface area contributed by atoms with Gasteiger partial charge in [0, 0.05) is 29.5 Å². The van der Waals surface area contributed by atoms with E-state index in [1.54, 1.807) is 12.1 Å². The van der Waals surface area contributed by atoms with Crippen LogP contribution in [0.25, 0.3) is 0 Å². The van der Waals surface area contributed by atoms with Crippen LogP contribution in [0.3, 0.4) is 0 Å². The van der Waals surface area contributed by atoms with Crippen molar-refractivity contribution < 1.29 is 9.59 Å². The van der Waals surface area contributed by atoms with E-state index in [9.17, 15) is 9.59 Å². The zero-order chi connectivity index (χ0) is 22.1. The van der Waals surface area contributed by atoms with Crippen LogP contribution in [0.15, 0.2) is 78.9 Å². The van der Waals surface area contributed by atoms with E-state index in [1.807, 2.05) is 61.5 Å². The van der Waals surface area contributed by atoms with Gasteiger partial charge in [0.2, 0.25) is 0 Å². The van der Waals surface area contributed by atoms with Crippen LogP contribution >= 0.6 is 0 Å². The lowest BCUT2D eigenvalue weighted by Crippen LogP contribution is -2.32. The summed E-state index contributed by atoms with van der Waals surface area (Å²) in [6.45, 7) is 4.56. The maximum atomic E-state index is 12.5. The van der Waals surface area contributed by atoms with Crippen LogP contribution in [-0.4, -0.2) is 18.6 Å². The summed E-state index contributed by atoms with van der Waals surface area (Å²) in [6, 6.07) is 24.1. The second kappa shape index (κ2) is 10.8. The second-order valence-corrected chi connectivity index (χ2v) is 7.33. The van der Waals surface area contributed by atoms with Crippen molar-refractivity contribution in [1.29, 1.82) is 0 Å². The maximum absolute atomic E-state index is 12.5. The van der Waals surface area contributed by atoms with E-state index >= 15 is 0 Å². The first-order valence-electron chi connectivity index (χ1n) is 10.4. The summed E-state index contributed by atoms with van der Waals surface area (Å²) in [4.78, 5) is 24.7. The molecule has 160 valence electrons. The minimum absolute atomic E-state index is 0.253. The lowest BCUT2D eigenvalue weighted by molar-refractivity contribution is 0.251. The molecule has 6 nitrogen and oxygen atoms in total. The summed E-state index contributed by atoms with van der Waals surface area (Å²) < 4.78 is 0. The normalized spacial score (nSPS) is 11.3. The number of urea groups is 2. The molecule has 0 aliphatic heterocycles. The Bertz CT molecular complexity index is 1010. The number of anilines is 3. The van der Waals surface area contributed by atoms with Crippen LogP contribution in [-0.2, 0) is 0 Å². The van der Waals surface area contributed by atoms with Crippen molar-refractivity contribution in [2.75, 3.05) is 22.5 Å². The van der Waals surface area contributed by atoms with Gasteiger partial charge < -0.3 is 21.3 Å². The predicted molar refractivity (Wildman–Crippen MR) is 127 cm³/mol. The molecule has 6 heteroatoms. The predicted octanol–water partition coefficient (Wildman–Crippen LogP) is 5.95. The Morgan fingerprint density at radius 1 is 0.774 bits per heavy atom. The number of nitrogens with one attached hydrogen (secondary N) is 4. The lowest BCUT2D eigenvalue weighted by Gasteiger charge is -2.17. The maximum Gasteiger partial charge on any atom is 0.323 e. The summed E-state index contributed by atoms with van der Waals surface area (Å²) in [5.41, 5.74) is 4.04. The average Bonchev–Trinajstić information content (AvgIpc) is 2.78. The number of hydrogen-bond donors (Lipinski definition) is 4. The fourth-order valence-electron chi connectivity index (χ4n) is 3.25. The Hall–Kier alpha value is -3.80. The van der Waals surface area contributed by atoms with Crippen molar-refractivity contribution in [3.05, 3.63) is 90.0 Å². The van der Waals surface area contributed by atoms with Gasteiger partial charge in [0.05, 0.1) is 0 Å². The van der Waals surface area contributed by atoms with Gasteiger partial charge in [0.15, 0.2) is 0 Å². The molecule has 31 heavy (non-hydrogen) atoms. The van der Waals surface area contributed by atoms with Crippen molar-refractivity contribution in [3.8, 4) is 0 Å². The topological polar surface area (TPSA) is 82.3 Å². The van der Waals surface area contributed by atoms with Gasteiger partial charge in [-0.3, -0.25) is 0 Å². The molecule has 3 rings (SSSR count). The quantitative estimate of drug-likeness (QED) is 0.384. The number of para-hydroxylation sites is 1. The molecule has 1 unspecified atom stereocenters. The first-order chi connectivity index (χ1) is 15.0. The summed E-state index contributed by atoms with van der Waals surface area (Å²) >= 11 is 0. The summed E-state index contributed by atoms with van der Waals surface area (Å²) in [5, 5.41) is 11.4. The van der Waals surface area contributed by atoms with Gasteiger partial charge in [0.25, 0.3) is 0 Å². The third-order valence-corrected chi connectivity index (χ3v) is 5.05. The molecular formula is C25H28N4O2. The smallest absolute Gasteiger partial charge is 0.323 e. The molecule has 0 aliphatic rings. The fourth-order valence-corrected chi connectivity index (χ4v) is 3.25. The van der Waals surface area contributed by atoms with Gasteiger partial charge in [-0.05, 0) is 48.7 Å². The van der Waals surface area contributed by atoms with E-state index in [2.05, 4.69) is 40.3 Å². The first-order valence-corrected chi connectivity index (χ1v) is 10.4. The third-order valence-electron chi connectivity index (χ3n) is 5.05. The standard InChI is InChI=1S/C25H28N4O2/c1-3-19(20-10-6-4-7-11-20)17-26-24(30)29-23-16-22(15-14-18(23)2)28-25(31)27-21-12-8-5-9-13-21/h4-16,19H,3,17H2,1-2H3,(H2,26,29,30)(H2,27,28,31). The number of benzene rings is 3. The van der Waals surface area contributed by atoms with Crippen molar-refractivity contribution in [2.24, 2.45) is 0 Å². The lowest BCUT2D eigenvalue weighted by atomic mass is 9.97. The molecule has 0 radical (unpaired) electrons. The van der Waals surface area contributed by atoms with E-state index in [4.69, 9.17) is 0 Å². The van der Waals surface area contributed by atoms with Crippen LogP contribution in [0.1, 0.15) is 30.4 Å². The number of carbonyl (C=O) groups is 2. The van der Waals surface area contributed by atoms with Gasteiger partial charge in [-0.2, -0.15) is 0 Å². The van der Waals surface area contributed by atoms with Crippen LogP contribution in [0.2, 0.25) is 0 Å². The zero-order valence-electron chi connectivity index (χ0n) is 17.8. The molecule has 0 fully saturated rings. The summed E-state index contributed by atoms with van der Waals surface area (Å²) in [6.07, 6.45) is 0.930. The highest BCUT2D eigenvalue weighted by Gasteiger charge is 2.12. The summed E-state index contributed by atoms with van der Waals surface area (Å²) in [7, 11) is 0. The Balaban J connectivity index is 1.57. The molecule has 0 aromatic heterocycles. The SMILES string of the molecule is CCC(CNC(=O)Nc1cc(NC(=O)Nc2ccccc2)ccc1C)c1ccccc1. The molecule has 0 saturated carbocycles.